The van der Waals surface area contributed by atoms with Crippen LogP contribution in [0.5, 0.6) is 5.75 Å². The van der Waals surface area contributed by atoms with Crippen LogP contribution in [0.3, 0.4) is 0 Å². The minimum Gasteiger partial charge on any atom is -0.406 e. The molecule has 7 heteroatoms. The zero-order chi connectivity index (χ0) is 15.9. The number of hydrogen-bond donors (Lipinski definition) is 2. The van der Waals surface area contributed by atoms with Gasteiger partial charge in [-0.05, 0) is 55.4 Å². The number of alkyl halides is 3. The molecule has 120 valence electrons. The number of nitrogens with two attached hydrogens (primary N) is 1. The predicted molar refractivity (Wildman–Crippen MR) is 74.1 cm³/mol. The van der Waals surface area contributed by atoms with Gasteiger partial charge in [0.15, 0.2) is 0 Å². The zero-order valence-electron chi connectivity index (χ0n) is 11.8. The van der Waals surface area contributed by atoms with E-state index in [1.165, 1.54) is 24.3 Å². The lowest BCUT2D eigenvalue weighted by molar-refractivity contribution is -0.274. The Morgan fingerprint density at radius 1 is 1.18 bits per heavy atom. The Morgan fingerprint density at radius 2 is 1.82 bits per heavy atom. The molecular formula is C15H17F3N2O2. The summed E-state index contributed by atoms with van der Waals surface area (Å²) in [6.45, 7) is 0. The number of hydrogen-bond acceptors (Lipinski definition) is 3. The number of amides is 1. The second kappa shape index (κ2) is 5.46. The monoisotopic (exact) mass is 314 g/mol. The summed E-state index contributed by atoms with van der Waals surface area (Å²) in [6, 6.07) is 5.00. The lowest BCUT2D eigenvalue weighted by atomic mass is 9.84. The first-order valence-electron chi connectivity index (χ1n) is 7.26. The molecule has 3 rings (SSSR count). The molecule has 1 amide bonds. The van der Waals surface area contributed by atoms with Crippen molar-refractivity contribution >= 4 is 11.6 Å². The molecule has 0 spiro atoms. The number of anilines is 1. The molecule has 4 nitrogen and oxygen atoms in total. The maximum atomic E-state index is 12.3. The number of rotatable bonds is 3. The summed E-state index contributed by atoms with van der Waals surface area (Å²) in [4.78, 5) is 12.3. The second-order valence-corrected chi connectivity index (χ2v) is 6.00. The van der Waals surface area contributed by atoms with Gasteiger partial charge in [-0.25, -0.2) is 0 Å². The number of benzene rings is 1. The van der Waals surface area contributed by atoms with Crippen molar-refractivity contribution in [1.29, 1.82) is 0 Å². The van der Waals surface area contributed by atoms with Crippen LogP contribution in [0.2, 0.25) is 0 Å². The summed E-state index contributed by atoms with van der Waals surface area (Å²) >= 11 is 0. The number of nitrogens with one attached hydrogen (secondary N) is 1. The van der Waals surface area contributed by atoms with Crippen LogP contribution in [-0.2, 0) is 4.79 Å². The molecular weight excluding hydrogens is 297 g/mol. The second-order valence-electron chi connectivity index (χ2n) is 6.00. The number of fused-ring (bicyclic) bond motifs is 2. The highest BCUT2D eigenvalue weighted by molar-refractivity contribution is 5.93. The normalized spacial score (nSPS) is 30.4. The average molecular weight is 314 g/mol. The van der Waals surface area contributed by atoms with Gasteiger partial charge in [0.05, 0.1) is 5.92 Å². The highest BCUT2D eigenvalue weighted by Gasteiger charge is 2.49. The third kappa shape index (κ3) is 3.04. The number of ether oxygens (including phenoxy) is 1. The van der Waals surface area contributed by atoms with Crippen molar-refractivity contribution in [2.75, 3.05) is 5.32 Å². The molecule has 1 aromatic carbocycles. The van der Waals surface area contributed by atoms with E-state index in [0.717, 1.165) is 19.3 Å². The van der Waals surface area contributed by atoms with Gasteiger partial charge in [-0.15, -0.1) is 13.2 Å². The van der Waals surface area contributed by atoms with Gasteiger partial charge in [0, 0.05) is 11.7 Å². The Hall–Kier alpha value is -1.76. The van der Waals surface area contributed by atoms with Crippen LogP contribution in [0.25, 0.3) is 0 Å². The van der Waals surface area contributed by atoms with Crippen molar-refractivity contribution in [2.24, 2.45) is 23.5 Å². The first-order chi connectivity index (χ1) is 10.3. The highest BCUT2D eigenvalue weighted by atomic mass is 19.4. The maximum Gasteiger partial charge on any atom is 0.573 e. The first kappa shape index (κ1) is 15.1. The fourth-order valence-electron chi connectivity index (χ4n) is 3.69. The third-order valence-corrected chi connectivity index (χ3v) is 4.64. The predicted octanol–water partition coefficient (Wildman–Crippen LogP) is 2.90. The molecule has 0 heterocycles. The van der Waals surface area contributed by atoms with E-state index >= 15 is 0 Å². The minimum atomic E-state index is -4.72. The molecule has 4 unspecified atom stereocenters. The molecule has 2 aliphatic carbocycles. The largest absolute Gasteiger partial charge is 0.573 e. The molecule has 0 radical (unpaired) electrons. The van der Waals surface area contributed by atoms with E-state index in [1.54, 1.807) is 0 Å². The summed E-state index contributed by atoms with van der Waals surface area (Å²) in [5.41, 5.74) is 6.55. The van der Waals surface area contributed by atoms with Gasteiger partial charge in [-0.3, -0.25) is 4.79 Å². The van der Waals surface area contributed by atoms with Gasteiger partial charge >= 0.3 is 6.36 Å². The van der Waals surface area contributed by atoms with Crippen molar-refractivity contribution in [3.8, 4) is 5.75 Å². The van der Waals surface area contributed by atoms with Crippen LogP contribution in [0, 0.1) is 17.8 Å². The molecule has 4 atom stereocenters. The quantitative estimate of drug-likeness (QED) is 0.901. The molecule has 3 N–H and O–H groups in total. The Bertz CT molecular complexity index is 557. The van der Waals surface area contributed by atoms with E-state index in [2.05, 4.69) is 10.1 Å². The SMILES string of the molecule is NC1C2CCC(C2)C1C(=O)Nc1ccc(OC(F)(F)F)cc1. The molecule has 2 saturated carbocycles. The highest BCUT2D eigenvalue weighted by Crippen LogP contribution is 2.47. The molecule has 2 aliphatic rings. The summed E-state index contributed by atoms with van der Waals surface area (Å²) in [6.07, 6.45) is -1.62. The molecule has 2 bridgehead atoms. The molecule has 0 aliphatic heterocycles. The van der Waals surface area contributed by atoms with Crippen LogP contribution >= 0.6 is 0 Å². The molecule has 0 aromatic heterocycles. The molecule has 22 heavy (non-hydrogen) atoms. The van der Waals surface area contributed by atoms with Gasteiger partial charge in [-0.1, -0.05) is 0 Å². The third-order valence-electron chi connectivity index (χ3n) is 4.64. The summed E-state index contributed by atoms with van der Waals surface area (Å²) in [5, 5.41) is 2.73. The van der Waals surface area contributed by atoms with Gasteiger partial charge in [-0.2, -0.15) is 0 Å². The first-order valence-corrected chi connectivity index (χ1v) is 7.26. The van der Waals surface area contributed by atoms with Crippen LogP contribution in [0.1, 0.15) is 19.3 Å². The van der Waals surface area contributed by atoms with E-state index in [0.29, 0.717) is 17.5 Å². The van der Waals surface area contributed by atoms with Crippen LogP contribution in [-0.4, -0.2) is 18.3 Å². The van der Waals surface area contributed by atoms with Crippen LogP contribution in [0.15, 0.2) is 24.3 Å². The smallest absolute Gasteiger partial charge is 0.406 e. The molecule has 2 fully saturated rings. The van der Waals surface area contributed by atoms with Crippen molar-refractivity contribution in [1.82, 2.24) is 0 Å². The number of carbonyl (C=O) groups is 1. The lowest BCUT2D eigenvalue weighted by Gasteiger charge is -2.27. The number of carbonyl (C=O) groups excluding carboxylic acids is 1. The topological polar surface area (TPSA) is 64.4 Å². The van der Waals surface area contributed by atoms with Gasteiger partial charge in [0.2, 0.25) is 5.91 Å². The van der Waals surface area contributed by atoms with E-state index in [1.807, 2.05) is 0 Å². The van der Waals surface area contributed by atoms with Crippen molar-refractivity contribution in [3.63, 3.8) is 0 Å². The zero-order valence-corrected chi connectivity index (χ0v) is 11.8. The van der Waals surface area contributed by atoms with Gasteiger partial charge < -0.3 is 15.8 Å². The van der Waals surface area contributed by atoms with Crippen molar-refractivity contribution in [3.05, 3.63) is 24.3 Å². The Morgan fingerprint density at radius 3 is 2.36 bits per heavy atom. The minimum absolute atomic E-state index is 0.119. The van der Waals surface area contributed by atoms with Crippen molar-refractivity contribution in [2.45, 2.75) is 31.7 Å². The van der Waals surface area contributed by atoms with E-state index in [-0.39, 0.29) is 23.6 Å². The maximum absolute atomic E-state index is 12.3. The summed E-state index contributed by atoms with van der Waals surface area (Å²) in [5.74, 6) is 0.0762. The van der Waals surface area contributed by atoms with Crippen LogP contribution in [0.4, 0.5) is 18.9 Å². The van der Waals surface area contributed by atoms with E-state index in [9.17, 15) is 18.0 Å². The van der Waals surface area contributed by atoms with E-state index in [4.69, 9.17) is 5.73 Å². The lowest BCUT2D eigenvalue weighted by Crippen LogP contribution is -2.42. The molecule has 0 saturated heterocycles. The summed E-state index contributed by atoms with van der Waals surface area (Å²) in [7, 11) is 0. The fraction of sp³-hybridized carbons (Fsp3) is 0.533. The Balaban J connectivity index is 1.62. The Labute approximate surface area is 125 Å². The van der Waals surface area contributed by atoms with Crippen LogP contribution < -0.4 is 15.8 Å². The summed E-state index contributed by atoms with van der Waals surface area (Å²) < 4.78 is 40.0. The van der Waals surface area contributed by atoms with E-state index < -0.39 is 6.36 Å². The van der Waals surface area contributed by atoms with Gasteiger partial charge in [0.25, 0.3) is 0 Å². The van der Waals surface area contributed by atoms with Crippen molar-refractivity contribution < 1.29 is 22.7 Å². The average Bonchev–Trinajstić information content (AvgIpc) is 3.00. The fourth-order valence-corrected chi connectivity index (χ4v) is 3.69. The number of halogens is 3. The molecule has 1 aromatic rings. The standard InChI is InChI=1S/C15H17F3N2O2/c16-15(17,18)22-11-5-3-10(4-6-11)20-14(21)12-8-1-2-9(7-8)13(12)19/h3-6,8-9,12-13H,1-2,7,19H2,(H,20,21). The Kier molecular flexibility index (Phi) is 3.76. The van der Waals surface area contributed by atoms with Gasteiger partial charge in [0.1, 0.15) is 5.75 Å².